The van der Waals surface area contributed by atoms with Crippen molar-refractivity contribution in [1.82, 2.24) is 4.98 Å². The van der Waals surface area contributed by atoms with Crippen LogP contribution in [0, 0.1) is 13.8 Å². The first-order valence-electron chi connectivity index (χ1n) is 10.3. The predicted octanol–water partition coefficient (Wildman–Crippen LogP) is 2.56. The lowest BCUT2D eigenvalue weighted by atomic mass is 10.1. The van der Waals surface area contributed by atoms with Crippen LogP contribution in [0.4, 0.5) is 5.69 Å². The van der Waals surface area contributed by atoms with Crippen LogP contribution in [0.2, 0.25) is 0 Å². The first kappa shape index (κ1) is 23.5. The molecule has 0 bridgehead atoms. The van der Waals surface area contributed by atoms with E-state index >= 15 is 0 Å². The number of nitrogens with zero attached hydrogens (tertiary/aromatic N) is 1. The van der Waals surface area contributed by atoms with E-state index in [9.17, 15) is 22.8 Å². The Bertz CT molecular complexity index is 1180. The fraction of sp³-hybridized carbons (Fsp3) is 0.409. The molecule has 0 fully saturated rings. The smallest absolute Gasteiger partial charge is 0.355 e. The molecule has 2 heterocycles. The highest BCUT2D eigenvalue weighted by molar-refractivity contribution is 7.92. The van der Waals surface area contributed by atoms with Gasteiger partial charge in [0.15, 0.2) is 12.4 Å². The minimum Gasteiger partial charge on any atom is -0.462 e. The summed E-state index contributed by atoms with van der Waals surface area (Å²) >= 11 is 0. The summed E-state index contributed by atoms with van der Waals surface area (Å²) in [6, 6.07) is 4.77. The summed E-state index contributed by atoms with van der Waals surface area (Å²) in [5.74, 6) is -1.70. The Hall–Kier alpha value is -3.14. The van der Waals surface area contributed by atoms with E-state index in [1.807, 2.05) is 0 Å². The van der Waals surface area contributed by atoms with Gasteiger partial charge in [-0.25, -0.2) is 18.0 Å². The lowest BCUT2D eigenvalue weighted by Gasteiger charge is -2.18. The SMILES string of the molecule is CCOC(=O)c1c(C)[nH]c(C(=O)OCC(=O)c2ccc3c(c2)CCN3S(=O)(=O)CC)c1C. The number of esters is 2. The number of hydrogen-bond acceptors (Lipinski definition) is 7. The average molecular weight is 463 g/mol. The van der Waals surface area contributed by atoms with Crippen molar-refractivity contribution in [2.24, 2.45) is 0 Å². The second-order valence-electron chi connectivity index (χ2n) is 7.41. The zero-order chi connectivity index (χ0) is 23.6. The maximum atomic E-state index is 12.6. The van der Waals surface area contributed by atoms with Gasteiger partial charge in [-0.1, -0.05) is 0 Å². The Kier molecular flexibility index (Phi) is 6.73. The number of nitrogens with one attached hydrogen (secondary N) is 1. The minimum atomic E-state index is -3.37. The molecular formula is C22H26N2O7S. The van der Waals surface area contributed by atoms with Crippen molar-refractivity contribution in [2.75, 3.05) is 29.8 Å². The molecule has 0 aliphatic carbocycles. The summed E-state index contributed by atoms with van der Waals surface area (Å²) in [6.45, 7) is 6.59. The van der Waals surface area contributed by atoms with Crippen LogP contribution in [-0.2, 0) is 25.9 Å². The van der Waals surface area contributed by atoms with Gasteiger partial charge in [-0.3, -0.25) is 9.10 Å². The van der Waals surface area contributed by atoms with E-state index in [0.29, 0.717) is 35.5 Å². The highest BCUT2D eigenvalue weighted by Gasteiger charge is 2.29. The largest absolute Gasteiger partial charge is 0.462 e. The number of aromatic amines is 1. The van der Waals surface area contributed by atoms with Crippen LogP contribution in [0.5, 0.6) is 0 Å². The van der Waals surface area contributed by atoms with Gasteiger partial charge in [0.05, 0.1) is 23.6 Å². The number of benzene rings is 1. The zero-order valence-corrected chi connectivity index (χ0v) is 19.3. The molecule has 0 radical (unpaired) electrons. The van der Waals surface area contributed by atoms with E-state index in [-0.39, 0.29) is 23.6 Å². The molecule has 1 aliphatic rings. The standard InChI is InChI=1S/C22H26N2O7S/c1-5-30-21(26)19-13(3)20(23-14(19)4)22(27)31-12-18(25)16-7-8-17-15(11-16)9-10-24(17)32(28,29)6-2/h7-8,11,23H,5-6,9-10,12H2,1-4H3. The molecule has 1 aliphatic heterocycles. The Labute approximate surface area is 186 Å². The molecule has 0 spiro atoms. The topological polar surface area (TPSA) is 123 Å². The lowest BCUT2D eigenvalue weighted by molar-refractivity contribution is 0.0468. The number of Topliss-reactive ketones (excluding diaryl/α,β-unsaturated/α-hetero) is 1. The maximum absolute atomic E-state index is 12.6. The quantitative estimate of drug-likeness (QED) is 0.472. The molecule has 32 heavy (non-hydrogen) atoms. The lowest BCUT2D eigenvalue weighted by Crippen LogP contribution is -2.30. The van der Waals surface area contributed by atoms with E-state index in [1.54, 1.807) is 39.8 Å². The Morgan fingerprint density at radius 3 is 2.47 bits per heavy atom. The van der Waals surface area contributed by atoms with Gasteiger partial charge in [0.1, 0.15) is 5.69 Å². The summed E-state index contributed by atoms with van der Waals surface area (Å²) in [5, 5.41) is 0. The number of H-pyrrole nitrogens is 1. The van der Waals surface area contributed by atoms with Gasteiger partial charge in [0.25, 0.3) is 0 Å². The third-order valence-corrected chi connectivity index (χ3v) is 7.19. The summed E-state index contributed by atoms with van der Waals surface area (Å²) in [4.78, 5) is 40.0. The minimum absolute atomic E-state index is 0.00140. The van der Waals surface area contributed by atoms with Crippen molar-refractivity contribution in [3.63, 3.8) is 0 Å². The number of aryl methyl sites for hydroxylation is 1. The number of sulfonamides is 1. The molecule has 9 nitrogen and oxygen atoms in total. The van der Waals surface area contributed by atoms with Crippen molar-refractivity contribution in [3.8, 4) is 0 Å². The highest BCUT2D eigenvalue weighted by atomic mass is 32.2. The van der Waals surface area contributed by atoms with Gasteiger partial charge >= 0.3 is 11.9 Å². The van der Waals surface area contributed by atoms with Crippen LogP contribution in [0.3, 0.4) is 0 Å². The number of carbonyl (C=O) groups is 3. The van der Waals surface area contributed by atoms with Crippen molar-refractivity contribution in [3.05, 3.63) is 51.8 Å². The molecule has 0 atom stereocenters. The van der Waals surface area contributed by atoms with Gasteiger partial charge < -0.3 is 14.5 Å². The number of ether oxygens (including phenoxy) is 2. The molecule has 0 saturated carbocycles. The first-order chi connectivity index (χ1) is 15.1. The molecule has 10 heteroatoms. The van der Waals surface area contributed by atoms with Crippen LogP contribution in [0.1, 0.15) is 61.9 Å². The zero-order valence-electron chi connectivity index (χ0n) is 18.5. The second-order valence-corrected chi connectivity index (χ2v) is 9.59. The summed E-state index contributed by atoms with van der Waals surface area (Å²) in [7, 11) is -3.37. The monoisotopic (exact) mass is 462 g/mol. The van der Waals surface area contributed by atoms with Crippen LogP contribution in [0.15, 0.2) is 18.2 Å². The Balaban J connectivity index is 1.70. The second kappa shape index (κ2) is 9.15. The number of carbonyl (C=O) groups excluding carboxylic acids is 3. The summed E-state index contributed by atoms with van der Waals surface area (Å²) in [5.41, 5.74) is 2.90. The molecule has 0 amide bonds. The van der Waals surface area contributed by atoms with Crippen molar-refractivity contribution in [1.29, 1.82) is 0 Å². The number of ketones is 1. The molecule has 1 aromatic heterocycles. The number of anilines is 1. The Morgan fingerprint density at radius 1 is 1.09 bits per heavy atom. The molecule has 2 aromatic rings. The molecule has 1 aromatic carbocycles. The van der Waals surface area contributed by atoms with E-state index in [0.717, 1.165) is 5.56 Å². The first-order valence-corrected chi connectivity index (χ1v) is 11.9. The fourth-order valence-electron chi connectivity index (χ4n) is 3.74. The molecule has 3 rings (SSSR count). The normalized spacial score (nSPS) is 13.1. The van der Waals surface area contributed by atoms with Gasteiger partial charge in [-0.2, -0.15) is 0 Å². The maximum Gasteiger partial charge on any atom is 0.355 e. The highest BCUT2D eigenvalue weighted by Crippen LogP contribution is 2.31. The predicted molar refractivity (Wildman–Crippen MR) is 118 cm³/mol. The number of hydrogen-bond donors (Lipinski definition) is 1. The molecule has 172 valence electrons. The average Bonchev–Trinajstić information content (AvgIpc) is 3.32. The van der Waals surface area contributed by atoms with Gasteiger partial charge in [0, 0.05) is 17.8 Å². The van der Waals surface area contributed by atoms with E-state index in [4.69, 9.17) is 9.47 Å². The van der Waals surface area contributed by atoms with Gasteiger partial charge in [0.2, 0.25) is 10.0 Å². The summed E-state index contributed by atoms with van der Waals surface area (Å²) < 4.78 is 35.9. The molecule has 1 N–H and O–H groups in total. The fourth-order valence-corrected chi connectivity index (χ4v) is 4.90. The number of fused-ring (bicyclic) bond motifs is 1. The van der Waals surface area contributed by atoms with Gasteiger partial charge in [-0.15, -0.1) is 0 Å². The number of aromatic nitrogens is 1. The molecule has 0 saturated heterocycles. The van der Waals surface area contributed by atoms with Crippen LogP contribution in [0.25, 0.3) is 0 Å². The van der Waals surface area contributed by atoms with E-state index in [1.165, 1.54) is 10.4 Å². The van der Waals surface area contributed by atoms with Crippen molar-refractivity contribution in [2.45, 2.75) is 34.1 Å². The molecule has 0 unspecified atom stereocenters. The van der Waals surface area contributed by atoms with Crippen LogP contribution in [-0.4, -0.2) is 56.6 Å². The van der Waals surface area contributed by atoms with Crippen LogP contribution >= 0.6 is 0 Å². The van der Waals surface area contributed by atoms with E-state index in [2.05, 4.69) is 4.98 Å². The van der Waals surface area contributed by atoms with Gasteiger partial charge in [-0.05, 0) is 63.4 Å². The van der Waals surface area contributed by atoms with Crippen LogP contribution < -0.4 is 4.31 Å². The number of rotatable bonds is 8. The van der Waals surface area contributed by atoms with Crippen molar-refractivity contribution >= 4 is 33.4 Å². The van der Waals surface area contributed by atoms with E-state index < -0.39 is 34.4 Å². The molecular weight excluding hydrogens is 436 g/mol. The summed E-state index contributed by atoms with van der Waals surface area (Å²) in [6.07, 6.45) is 0.507. The Morgan fingerprint density at radius 2 is 1.81 bits per heavy atom. The third-order valence-electron chi connectivity index (χ3n) is 5.41. The third kappa shape index (κ3) is 4.40. The van der Waals surface area contributed by atoms with Crippen molar-refractivity contribution < 1.29 is 32.3 Å².